The van der Waals surface area contributed by atoms with Crippen LogP contribution in [0.3, 0.4) is 0 Å². The summed E-state index contributed by atoms with van der Waals surface area (Å²) in [5.41, 5.74) is -0.953. The molecule has 1 aliphatic heterocycles. The van der Waals surface area contributed by atoms with Gasteiger partial charge in [0.15, 0.2) is 0 Å². The Morgan fingerprint density at radius 1 is 1.48 bits per heavy atom. The highest BCUT2D eigenvalue weighted by Gasteiger charge is 2.49. The first-order chi connectivity index (χ1) is 9.92. The average Bonchev–Trinajstić information content (AvgIpc) is 2.86. The Labute approximate surface area is 132 Å². The second-order valence-corrected chi connectivity index (χ2v) is 5.93. The van der Waals surface area contributed by atoms with E-state index in [9.17, 15) is 14.7 Å². The van der Waals surface area contributed by atoms with Crippen LogP contribution in [-0.2, 0) is 4.79 Å². The van der Waals surface area contributed by atoms with Gasteiger partial charge in [0.05, 0.1) is 10.6 Å². The molecule has 0 saturated carbocycles. The van der Waals surface area contributed by atoms with E-state index in [1.54, 1.807) is 0 Å². The number of nitrogens with zero attached hydrogens (tertiary/aromatic N) is 2. The molecule has 2 rings (SSSR count). The largest absolute Gasteiger partial charge is 0.479 e. The molecule has 0 spiro atoms. The molecule has 21 heavy (non-hydrogen) atoms. The minimum atomic E-state index is -1.15. The predicted molar refractivity (Wildman–Crippen MR) is 79.8 cm³/mol. The van der Waals surface area contributed by atoms with Crippen molar-refractivity contribution < 1.29 is 14.7 Å². The Morgan fingerprint density at radius 3 is 2.81 bits per heavy atom. The number of carboxylic acids is 1. The smallest absolute Gasteiger partial charge is 0.329 e. The molecule has 1 unspecified atom stereocenters. The molecule has 0 bridgehead atoms. The maximum Gasteiger partial charge on any atom is 0.329 e. The molecule has 5 nitrogen and oxygen atoms in total. The molecule has 1 fully saturated rings. The van der Waals surface area contributed by atoms with Crippen molar-refractivity contribution in [2.45, 2.75) is 38.1 Å². The number of halogens is 2. The number of carbonyl (C=O) groups is 2. The lowest BCUT2D eigenvalue weighted by Crippen LogP contribution is -2.53. The number of amides is 1. The predicted octanol–water partition coefficient (Wildman–Crippen LogP) is 3.25. The van der Waals surface area contributed by atoms with Crippen LogP contribution in [0.15, 0.2) is 12.3 Å². The van der Waals surface area contributed by atoms with Crippen LogP contribution in [0, 0.1) is 0 Å². The lowest BCUT2D eigenvalue weighted by molar-refractivity contribution is -0.148. The molecule has 0 aromatic carbocycles. The summed E-state index contributed by atoms with van der Waals surface area (Å²) >= 11 is 11.8. The quantitative estimate of drug-likeness (QED) is 0.860. The van der Waals surface area contributed by atoms with Gasteiger partial charge in [-0.3, -0.25) is 4.79 Å². The SMILES string of the molecule is CCCC1(C(=O)O)CCCN1C(=O)c1cc(Cl)ncc1Cl. The zero-order valence-electron chi connectivity index (χ0n) is 11.6. The van der Waals surface area contributed by atoms with Crippen molar-refractivity contribution in [1.29, 1.82) is 0 Å². The highest BCUT2D eigenvalue weighted by atomic mass is 35.5. The normalized spacial score (nSPS) is 21.6. The van der Waals surface area contributed by atoms with Crippen molar-refractivity contribution in [3.63, 3.8) is 0 Å². The number of hydrogen-bond acceptors (Lipinski definition) is 3. The van der Waals surface area contributed by atoms with Gasteiger partial charge in [0.25, 0.3) is 5.91 Å². The van der Waals surface area contributed by atoms with Gasteiger partial charge in [-0.15, -0.1) is 0 Å². The summed E-state index contributed by atoms with van der Waals surface area (Å²) in [5.74, 6) is -1.37. The van der Waals surface area contributed by atoms with Crippen molar-refractivity contribution in [2.75, 3.05) is 6.54 Å². The Morgan fingerprint density at radius 2 is 2.19 bits per heavy atom. The highest BCUT2D eigenvalue weighted by molar-refractivity contribution is 6.35. The van der Waals surface area contributed by atoms with Crippen LogP contribution in [0.25, 0.3) is 0 Å². The number of carbonyl (C=O) groups excluding carboxylic acids is 1. The lowest BCUT2D eigenvalue weighted by Gasteiger charge is -2.34. The standard InChI is InChI=1S/C14H16Cl2N2O3/c1-2-4-14(13(20)21)5-3-6-18(14)12(19)9-7-11(16)17-8-10(9)15/h7-8H,2-6H2,1H3,(H,20,21). The van der Waals surface area contributed by atoms with Gasteiger partial charge in [0.1, 0.15) is 10.7 Å². The molecule has 1 aliphatic rings. The summed E-state index contributed by atoms with van der Waals surface area (Å²) in [6.07, 6.45) is 3.52. The van der Waals surface area contributed by atoms with Crippen LogP contribution in [-0.4, -0.2) is 39.0 Å². The fraction of sp³-hybridized carbons (Fsp3) is 0.500. The zero-order valence-corrected chi connectivity index (χ0v) is 13.1. The first-order valence-electron chi connectivity index (χ1n) is 6.79. The second kappa shape index (κ2) is 6.20. The second-order valence-electron chi connectivity index (χ2n) is 5.13. The Balaban J connectivity index is 2.41. The molecule has 1 atom stereocenters. The Kier molecular flexibility index (Phi) is 4.74. The van der Waals surface area contributed by atoms with Gasteiger partial charge in [-0.25, -0.2) is 9.78 Å². The number of rotatable bonds is 4. The lowest BCUT2D eigenvalue weighted by atomic mass is 9.90. The number of pyridine rings is 1. The van der Waals surface area contributed by atoms with Crippen LogP contribution >= 0.6 is 23.2 Å². The maximum atomic E-state index is 12.7. The van der Waals surface area contributed by atoms with Crippen LogP contribution in [0.5, 0.6) is 0 Å². The first kappa shape index (κ1) is 16.0. The topological polar surface area (TPSA) is 70.5 Å². The molecule has 0 aliphatic carbocycles. The van der Waals surface area contributed by atoms with E-state index in [1.165, 1.54) is 17.2 Å². The minimum Gasteiger partial charge on any atom is -0.479 e. The van der Waals surface area contributed by atoms with E-state index >= 15 is 0 Å². The van der Waals surface area contributed by atoms with Crippen LogP contribution in [0.1, 0.15) is 43.0 Å². The fourth-order valence-corrected chi connectivity index (χ4v) is 3.24. The van der Waals surface area contributed by atoms with Crippen molar-refractivity contribution >= 4 is 35.1 Å². The third-order valence-corrected chi connectivity index (χ3v) is 4.36. The van der Waals surface area contributed by atoms with Crippen LogP contribution in [0.4, 0.5) is 0 Å². The maximum absolute atomic E-state index is 12.7. The van der Waals surface area contributed by atoms with Crippen LogP contribution in [0.2, 0.25) is 10.2 Å². The van der Waals surface area contributed by atoms with Crippen molar-refractivity contribution in [3.8, 4) is 0 Å². The summed E-state index contributed by atoms with van der Waals surface area (Å²) in [6.45, 7) is 2.31. The fourth-order valence-electron chi connectivity index (χ4n) is 2.90. The van der Waals surface area contributed by atoms with Gasteiger partial charge >= 0.3 is 5.97 Å². The van der Waals surface area contributed by atoms with E-state index < -0.39 is 17.4 Å². The molecule has 0 radical (unpaired) electrons. The first-order valence-corrected chi connectivity index (χ1v) is 7.54. The molecular weight excluding hydrogens is 315 g/mol. The van der Waals surface area contributed by atoms with Crippen molar-refractivity contribution in [1.82, 2.24) is 9.88 Å². The number of aliphatic carboxylic acids is 1. The summed E-state index contributed by atoms with van der Waals surface area (Å²) in [7, 11) is 0. The molecule has 1 N–H and O–H groups in total. The Hall–Kier alpha value is -1.33. The van der Waals surface area contributed by atoms with Gasteiger partial charge < -0.3 is 10.0 Å². The Bertz CT molecular complexity index is 579. The van der Waals surface area contributed by atoms with E-state index in [4.69, 9.17) is 23.2 Å². The van der Waals surface area contributed by atoms with E-state index in [2.05, 4.69) is 4.98 Å². The van der Waals surface area contributed by atoms with Gasteiger partial charge in [0, 0.05) is 12.7 Å². The molecule has 7 heteroatoms. The average molecular weight is 331 g/mol. The summed E-state index contributed by atoms with van der Waals surface area (Å²) in [6, 6.07) is 1.38. The number of aromatic nitrogens is 1. The highest BCUT2D eigenvalue weighted by Crippen LogP contribution is 2.36. The van der Waals surface area contributed by atoms with Gasteiger partial charge in [-0.2, -0.15) is 0 Å². The van der Waals surface area contributed by atoms with E-state index in [0.717, 1.165) is 0 Å². The molecule has 1 amide bonds. The zero-order chi connectivity index (χ0) is 15.6. The third-order valence-electron chi connectivity index (χ3n) is 3.85. The summed E-state index contributed by atoms with van der Waals surface area (Å²) in [4.78, 5) is 29.7. The molecule has 1 saturated heterocycles. The van der Waals surface area contributed by atoms with E-state index in [1.807, 2.05) is 6.92 Å². The monoisotopic (exact) mass is 330 g/mol. The van der Waals surface area contributed by atoms with Gasteiger partial charge in [-0.05, 0) is 25.3 Å². The van der Waals surface area contributed by atoms with E-state index in [-0.39, 0.29) is 15.7 Å². The summed E-state index contributed by atoms with van der Waals surface area (Å²) in [5, 5.41) is 9.94. The molecular formula is C14H16Cl2N2O3. The number of carboxylic acid groups (broad SMARTS) is 1. The van der Waals surface area contributed by atoms with Crippen molar-refractivity contribution in [2.24, 2.45) is 0 Å². The summed E-state index contributed by atoms with van der Waals surface area (Å²) < 4.78 is 0. The molecule has 1 aromatic heterocycles. The minimum absolute atomic E-state index is 0.151. The number of hydrogen-bond donors (Lipinski definition) is 1. The third kappa shape index (κ3) is 2.85. The van der Waals surface area contributed by atoms with Crippen molar-refractivity contribution in [3.05, 3.63) is 28.0 Å². The molecule has 114 valence electrons. The van der Waals surface area contributed by atoms with Crippen LogP contribution < -0.4 is 0 Å². The molecule has 1 aromatic rings. The van der Waals surface area contributed by atoms with E-state index in [0.29, 0.717) is 32.2 Å². The van der Waals surface area contributed by atoms with Gasteiger partial charge in [0.2, 0.25) is 0 Å². The molecule has 2 heterocycles. The van der Waals surface area contributed by atoms with Gasteiger partial charge in [-0.1, -0.05) is 36.5 Å². The number of likely N-dealkylation sites (tertiary alicyclic amines) is 1.